The third-order valence-corrected chi connectivity index (χ3v) is 23.0. The summed E-state index contributed by atoms with van der Waals surface area (Å²) in [6, 6.07) is 34.8. The normalized spacial score (nSPS) is 9.68. The maximum atomic E-state index is 13.0. The van der Waals surface area contributed by atoms with Crippen LogP contribution in [0.3, 0.4) is 0 Å². The molecule has 7 aromatic rings. The Hall–Kier alpha value is 0.0273. The number of hydrogen-bond donors (Lipinski definition) is 0. The molecule has 0 N–H and O–H groups in total. The fraction of sp³-hybridized carbons (Fsp3) is 0.175. The minimum absolute atomic E-state index is 0. The average molecular weight is 2320 g/mol. The number of halogens is 5. The SMILES string of the molecule is C[N-]S(=O)(=O)c1c(C)cccc1C#N.C[N-]S(=O)(=O)c1cc(C)ccc1C#N.C[N-]S(=O)(=O)c1cccc(F)c1C#N.C[N-]S(=O)(=O)c1cccc(N(C)C)c1C#N.C[N-]S(=O)(=O)c1ccccc1C#N.C[N-]S(=O)(=O)c1cnc(Cl)c(Br)c1.C[N-]S(=O)(=O)c1cnc(Cl)c(Cl)c1.[CH3-].[CH3-].[CH3-].[CH3-].[CH3-].[CH3-].[CH3-].[Y].[Y].[Y].[Y].[Y].[Y].[Y]. The van der Waals surface area contributed by atoms with Crippen molar-refractivity contribution in [1.82, 2.24) is 9.97 Å². The van der Waals surface area contributed by atoms with Crippen LogP contribution in [-0.2, 0) is 299 Å². The molecular formula is C63H74BrCl3FN15O14S7Y7-14. The summed E-state index contributed by atoms with van der Waals surface area (Å²) < 4.78 is 195. The smallest absolute Gasteiger partial charge is 0.147 e. The summed E-state index contributed by atoms with van der Waals surface area (Å²) in [7, 11) is -14.1. The fourth-order valence-electron chi connectivity index (χ4n) is 6.63. The van der Waals surface area contributed by atoms with Gasteiger partial charge in [-0.2, -0.15) is 75.6 Å². The molecule has 0 atom stereocenters. The second-order valence-corrected chi connectivity index (χ2v) is 31.9. The van der Waals surface area contributed by atoms with Gasteiger partial charge in [0.25, 0.3) is 0 Å². The molecule has 0 aliphatic carbocycles. The van der Waals surface area contributed by atoms with E-state index in [9.17, 15) is 63.3 Å². The second kappa shape index (κ2) is 67.7. The number of hydrogen-bond acceptors (Lipinski definition) is 22. The van der Waals surface area contributed by atoms with E-state index in [2.05, 4.69) is 59.0 Å². The molecule has 2 heterocycles. The van der Waals surface area contributed by atoms with Crippen molar-refractivity contribution >= 4 is 127 Å². The molecule has 2 aromatic heterocycles. The molecule has 0 spiro atoms. The molecule has 0 fully saturated rings. The number of nitrogens with zero attached hydrogens (tertiary/aromatic N) is 15. The molecule has 29 nitrogen and oxygen atoms in total. The van der Waals surface area contributed by atoms with E-state index in [1.54, 1.807) is 81.4 Å². The zero-order valence-corrected chi connectivity index (χ0v) is 92.7. The van der Waals surface area contributed by atoms with Crippen LogP contribution in [0, 0.1) is 128 Å². The van der Waals surface area contributed by atoms with Crippen LogP contribution in [0.2, 0.25) is 15.3 Å². The molecule has 0 amide bonds. The maximum Gasteiger partial charge on any atom is 0.147 e. The maximum absolute atomic E-state index is 13.0. The van der Waals surface area contributed by atoms with E-state index in [-0.39, 0.29) is 348 Å². The van der Waals surface area contributed by atoms with E-state index < -0.39 is 86.4 Å². The Morgan fingerprint density at radius 1 is 0.396 bits per heavy atom. The van der Waals surface area contributed by atoms with E-state index in [1.165, 1.54) is 103 Å². The topological polar surface area (TPSA) is 486 Å². The summed E-state index contributed by atoms with van der Waals surface area (Å²) in [5.74, 6) is -0.864. The minimum Gasteiger partial charge on any atom is -0.547 e. The second-order valence-electron chi connectivity index (χ2n) is 17.7. The van der Waals surface area contributed by atoms with Crippen LogP contribution in [0.4, 0.5) is 10.1 Å². The summed E-state index contributed by atoms with van der Waals surface area (Å²) in [6.45, 7) is 3.40. The van der Waals surface area contributed by atoms with E-state index in [0.717, 1.165) is 37.1 Å². The zero-order chi connectivity index (χ0) is 74.7. The third-order valence-electron chi connectivity index (χ3n) is 11.5. The van der Waals surface area contributed by atoms with Crippen molar-refractivity contribution in [3.63, 3.8) is 0 Å². The van der Waals surface area contributed by atoms with Gasteiger partial charge in [-0.3, -0.25) is 0 Å². The Labute approximate surface area is 858 Å². The number of rotatable bonds is 15. The summed E-state index contributed by atoms with van der Waals surface area (Å²) in [6.07, 6.45) is 2.27. The van der Waals surface area contributed by atoms with Gasteiger partial charge in [0.05, 0.1) is 71.7 Å². The van der Waals surface area contributed by atoms with Crippen LogP contribution in [0.1, 0.15) is 38.9 Å². The Morgan fingerprint density at radius 3 is 1.13 bits per heavy atom. The van der Waals surface area contributed by atoms with Gasteiger partial charge in [0.15, 0.2) is 0 Å². The largest absolute Gasteiger partial charge is 0.547 e. The van der Waals surface area contributed by atoms with Crippen molar-refractivity contribution in [1.29, 1.82) is 26.3 Å². The fourth-order valence-corrected chi connectivity index (χ4v) is 13.4. The Bertz CT molecular complexity index is 4990. The van der Waals surface area contributed by atoms with Gasteiger partial charge >= 0.3 is 0 Å². The van der Waals surface area contributed by atoms with Gasteiger partial charge in [-0.15, -0.1) is 0 Å². The molecule has 0 aliphatic rings. The van der Waals surface area contributed by atoms with Crippen molar-refractivity contribution in [2.75, 3.05) is 68.3 Å². The van der Waals surface area contributed by atoms with Crippen molar-refractivity contribution < 1.29 is 292 Å². The van der Waals surface area contributed by atoms with Crippen LogP contribution < -0.4 is 4.90 Å². The van der Waals surface area contributed by atoms with E-state index in [4.69, 9.17) is 61.1 Å². The van der Waals surface area contributed by atoms with Crippen LogP contribution in [0.25, 0.3) is 33.1 Å². The minimum atomic E-state index is -3.90. The zero-order valence-electron chi connectivity index (χ0n) is 63.3. The first kappa shape index (κ1) is 143. The number of benzene rings is 5. The monoisotopic (exact) mass is 2310 g/mol. The Morgan fingerprint density at radius 2 is 0.739 bits per heavy atom. The standard InChI is InChI=1S/C10H12N3O2S.2C9H9N2O2S.C8H6FN2O2S.C8H7N2O2S.C6H5BrClN2O2S.C6H5Cl2N2O2S.7CH3.7Y/c1-12-16(14,15)10-6-4-5-9(13(2)3)8(10)7-11;1-7-3-4-8(6-10)9(5-7)14(12,13)11-2;1-7-4-3-5-8(6-10)9(7)14(12,13)11-2;1-11-14(12,13)8-4-2-3-7(9)6(8)5-10;1-10-13(11,12)8-5-3-2-4-7(8)6-9;2*1-9-13(11,12)4-2-5(7)6(8)10-3-4;;;;;;;;;;;;;;/h4-6H,1-3H3;2*3-5H,1-2H3;2-4H,1H3;2-5H,1H3;2*2-3H,1H3;7*1H3;;;;;;;/q14*-1;;;;;;;. The number of sulfonamides is 7. The van der Waals surface area contributed by atoms with Gasteiger partial charge in [0.1, 0.15) is 122 Å². The molecule has 0 aliphatic heterocycles. The van der Waals surface area contributed by atoms with Crippen molar-refractivity contribution in [2.45, 2.75) is 48.1 Å². The van der Waals surface area contributed by atoms with Gasteiger partial charge in [0.2, 0.25) is 0 Å². The van der Waals surface area contributed by atoms with Crippen molar-refractivity contribution in [3.05, 3.63) is 271 Å². The molecule has 0 saturated heterocycles. The quantitative estimate of drug-likeness (QED) is 0.0679. The summed E-state index contributed by atoms with van der Waals surface area (Å²) >= 11 is 19.7. The van der Waals surface area contributed by atoms with Gasteiger partial charge in [0, 0.05) is 255 Å². The van der Waals surface area contributed by atoms with Crippen LogP contribution in [0.5, 0.6) is 0 Å². The van der Waals surface area contributed by atoms with Crippen LogP contribution >= 0.6 is 50.7 Å². The number of aryl methyl sites for hydroxylation is 2. The van der Waals surface area contributed by atoms with Crippen molar-refractivity contribution in [3.8, 4) is 30.3 Å². The number of nitriles is 5. The molecular weight excluding hydrogens is 2240 g/mol. The first-order chi connectivity index (χ1) is 45.0. The molecule has 0 saturated carbocycles. The first-order valence-corrected chi connectivity index (χ1v) is 37.6. The predicted octanol–water partition coefficient (Wildman–Crippen LogP) is 14.5. The molecule has 0 unspecified atom stereocenters. The molecule has 7 radical (unpaired) electrons. The predicted molar refractivity (Wildman–Crippen MR) is 411 cm³/mol. The van der Waals surface area contributed by atoms with E-state index in [0.29, 0.717) is 15.7 Å². The molecule has 597 valence electrons. The summed E-state index contributed by atoms with van der Waals surface area (Å²) in [5, 5.41) is 44.0. The molecule has 5 aromatic carbocycles. The van der Waals surface area contributed by atoms with E-state index in [1.807, 2.05) is 18.2 Å². The third kappa shape index (κ3) is 44.9. The van der Waals surface area contributed by atoms with Gasteiger partial charge in [-0.25, -0.2) is 73.3 Å². The van der Waals surface area contributed by atoms with Gasteiger partial charge in [-0.05, 0) is 108 Å². The van der Waals surface area contributed by atoms with Crippen LogP contribution in [0.15, 0.2) is 160 Å². The molecule has 0 bridgehead atoms. The average Bonchev–Trinajstić information content (AvgIpc) is 0.818. The first-order valence-electron chi connectivity index (χ1n) is 25.6. The Balaban J connectivity index is -0.0000000808. The Kier molecular flexibility index (Phi) is 87.0. The van der Waals surface area contributed by atoms with Gasteiger partial charge < -0.3 is 89.9 Å². The van der Waals surface area contributed by atoms with Crippen molar-refractivity contribution in [2.24, 2.45) is 0 Å². The number of aromatic nitrogens is 2. The summed E-state index contributed by atoms with van der Waals surface area (Å²) in [5.41, 5.74) is 1.88. The number of pyridine rings is 2. The summed E-state index contributed by atoms with van der Waals surface area (Å²) in [4.78, 5) is 8.39. The molecule has 7 rings (SSSR count). The number of anilines is 1. The van der Waals surface area contributed by atoms with Crippen LogP contribution in [-0.4, -0.2) is 132 Å². The van der Waals surface area contributed by atoms with Gasteiger partial charge in [-0.1, -0.05) is 77.3 Å². The van der Waals surface area contributed by atoms with E-state index >= 15 is 0 Å². The molecule has 48 heteroatoms. The molecule has 111 heavy (non-hydrogen) atoms.